The van der Waals surface area contributed by atoms with Gasteiger partial charge in [0.25, 0.3) is 0 Å². The molecule has 0 aliphatic carbocycles. The Kier molecular flexibility index (Phi) is 1.61. The minimum absolute atomic E-state index is 0.0694. The van der Waals surface area contributed by atoms with Gasteiger partial charge in [-0.25, -0.2) is 0 Å². The molecule has 62 valence electrons. The molecule has 2 bridgehead atoms. The third-order valence-corrected chi connectivity index (χ3v) is 3.05. The molecule has 2 saturated heterocycles. The predicted molar refractivity (Wildman–Crippen MR) is 41.8 cm³/mol. The van der Waals surface area contributed by atoms with Crippen LogP contribution < -0.4 is 0 Å². The zero-order chi connectivity index (χ0) is 8.01. The van der Waals surface area contributed by atoms with Crippen molar-refractivity contribution in [2.24, 2.45) is 5.92 Å². The van der Waals surface area contributed by atoms with E-state index < -0.39 is 5.97 Å². The summed E-state index contributed by atoms with van der Waals surface area (Å²) < 4.78 is 5.40. The van der Waals surface area contributed by atoms with Crippen LogP contribution in [0.1, 0.15) is 12.8 Å². The quantitative estimate of drug-likeness (QED) is 0.570. The van der Waals surface area contributed by atoms with Crippen LogP contribution in [0.2, 0.25) is 0 Å². The van der Waals surface area contributed by atoms with Crippen molar-refractivity contribution in [1.82, 2.24) is 0 Å². The summed E-state index contributed by atoms with van der Waals surface area (Å²) in [6.07, 6.45) is 1.46. The summed E-state index contributed by atoms with van der Waals surface area (Å²) in [5.41, 5.74) is 0. The zero-order valence-electron chi connectivity index (χ0n) is 5.93. The average Bonchev–Trinajstić information content (AvgIpc) is 2.43. The van der Waals surface area contributed by atoms with Gasteiger partial charge >= 0.3 is 5.97 Å². The Labute approximate surface area is 70.1 Å². The average molecular weight is 174 g/mol. The van der Waals surface area contributed by atoms with E-state index in [1.807, 2.05) is 0 Å². The minimum atomic E-state index is -0.724. The molecule has 1 N–H and O–H groups in total. The third-order valence-electron chi connectivity index (χ3n) is 2.50. The van der Waals surface area contributed by atoms with Crippen LogP contribution in [0.4, 0.5) is 0 Å². The van der Waals surface area contributed by atoms with E-state index in [2.05, 4.69) is 12.6 Å². The summed E-state index contributed by atoms with van der Waals surface area (Å²) in [6, 6.07) is 0. The molecule has 4 heteroatoms. The summed E-state index contributed by atoms with van der Waals surface area (Å²) in [5, 5.41) is 8.98. The van der Waals surface area contributed by atoms with E-state index in [1.54, 1.807) is 0 Å². The monoisotopic (exact) mass is 174 g/mol. The number of hydrogen-bond donors (Lipinski definition) is 2. The van der Waals surface area contributed by atoms with Gasteiger partial charge in [-0.3, -0.25) is 4.79 Å². The Bertz CT molecular complexity index is 192. The maximum Gasteiger partial charge on any atom is 0.309 e. The van der Waals surface area contributed by atoms with Crippen LogP contribution in [-0.2, 0) is 9.53 Å². The lowest BCUT2D eigenvalue weighted by atomic mass is 9.89. The van der Waals surface area contributed by atoms with Gasteiger partial charge in [0, 0.05) is 5.25 Å². The third kappa shape index (κ3) is 1.05. The highest BCUT2D eigenvalue weighted by molar-refractivity contribution is 7.81. The van der Waals surface area contributed by atoms with Gasteiger partial charge < -0.3 is 9.84 Å². The second kappa shape index (κ2) is 2.38. The number of aliphatic carboxylic acids is 1. The fraction of sp³-hybridized carbons (Fsp3) is 0.857. The molecule has 2 aliphatic heterocycles. The van der Waals surface area contributed by atoms with Crippen LogP contribution in [0, 0.1) is 5.92 Å². The summed E-state index contributed by atoms with van der Waals surface area (Å²) in [7, 11) is 0. The highest BCUT2D eigenvalue weighted by atomic mass is 32.1. The number of hydrogen-bond acceptors (Lipinski definition) is 3. The van der Waals surface area contributed by atoms with Crippen molar-refractivity contribution in [2.75, 3.05) is 0 Å². The van der Waals surface area contributed by atoms with Crippen LogP contribution >= 0.6 is 12.6 Å². The van der Waals surface area contributed by atoms with Gasteiger partial charge in [-0.2, -0.15) is 12.6 Å². The van der Waals surface area contributed by atoms with Crippen molar-refractivity contribution in [3.05, 3.63) is 0 Å². The van der Waals surface area contributed by atoms with Crippen molar-refractivity contribution in [3.63, 3.8) is 0 Å². The lowest BCUT2D eigenvalue weighted by Gasteiger charge is -2.17. The molecule has 4 atom stereocenters. The van der Waals surface area contributed by atoms with Crippen molar-refractivity contribution >= 4 is 18.6 Å². The normalized spacial score (nSPS) is 48.1. The van der Waals surface area contributed by atoms with E-state index in [-0.39, 0.29) is 23.4 Å². The molecule has 0 radical (unpaired) electrons. The van der Waals surface area contributed by atoms with E-state index in [0.717, 1.165) is 6.42 Å². The van der Waals surface area contributed by atoms with E-state index in [1.165, 1.54) is 0 Å². The van der Waals surface area contributed by atoms with Gasteiger partial charge in [-0.15, -0.1) is 0 Å². The first-order valence-corrected chi connectivity index (χ1v) is 4.26. The van der Waals surface area contributed by atoms with Gasteiger partial charge in [0.1, 0.15) is 0 Å². The number of rotatable bonds is 1. The Hall–Kier alpha value is -0.220. The Morgan fingerprint density at radius 1 is 1.45 bits per heavy atom. The summed E-state index contributed by atoms with van der Waals surface area (Å²) in [6.45, 7) is 0. The molecular formula is C7H10O3S. The van der Waals surface area contributed by atoms with Gasteiger partial charge in [0.05, 0.1) is 18.1 Å². The lowest BCUT2D eigenvalue weighted by molar-refractivity contribution is -0.143. The number of carbonyl (C=O) groups is 1. The summed E-state index contributed by atoms with van der Waals surface area (Å²) in [4.78, 5) is 10.6. The van der Waals surface area contributed by atoms with Crippen LogP contribution in [0.15, 0.2) is 0 Å². The van der Waals surface area contributed by atoms with Crippen LogP contribution in [0.5, 0.6) is 0 Å². The standard InChI is InChI=1S/C7H10O3S/c8-7(9)3-1-5-6(11)2-4(3)10-5/h3-6,11H,1-2H2,(H,8,9). The van der Waals surface area contributed by atoms with E-state index in [4.69, 9.17) is 9.84 Å². The summed E-state index contributed by atoms with van der Waals surface area (Å²) in [5.74, 6) is -0.999. The molecule has 0 aromatic carbocycles. The highest BCUT2D eigenvalue weighted by Crippen LogP contribution is 2.41. The zero-order valence-corrected chi connectivity index (χ0v) is 6.83. The second-order valence-electron chi connectivity index (χ2n) is 3.20. The minimum Gasteiger partial charge on any atom is -0.481 e. The molecule has 4 unspecified atom stereocenters. The molecule has 2 heterocycles. The number of ether oxygens (including phenoxy) is 1. The molecule has 0 aromatic rings. The van der Waals surface area contributed by atoms with E-state index >= 15 is 0 Å². The van der Waals surface area contributed by atoms with Crippen molar-refractivity contribution < 1.29 is 14.6 Å². The molecule has 0 aromatic heterocycles. The van der Waals surface area contributed by atoms with Crippen LogP contribution in [0.3, 0.4) is 0 Å². The van der Waals surface area contributed by atoms with Gasteiger partial charge in [0.15, 0.2) is 0 Å². The molecule has 11 heavy (non-hydrogen) atoms. The first-order chi connectivity index (χ1) is 5.18. The lowest BCUT2D eigenvalue weighted by Crippen LogP contribution is -2.29. The Morgan fingerprint density at radius 3 is 2.55 bits per heavy atom. The molecular weight excluding hydrogens is 164 g/mol. The number of carboxylic acid groups (broad SMARTS) is 1. The van der Waals surface area contributed by atoms with E-state index in [0.29, 0.717) is 6.42 Å². The van der Waals surface area contributed by atoms with E-state index in [9.17, 15) is 4.79 Å². The number of fused-ring (bicyclic) bond motifs is 2. The summed E-state index contributed by atoms with van der Waals surface area (Å²) >= 11 is 4.29. The van der Waals surface area contributed by atoms with Crippen LogP contribution in [-0.4, -0.2) is 28.5 Å². The Morgan fingerprint density at radius 2 is 2.18 bits per heavy atom. The van der Waals surface area contributed by atoms with Gasteiger partial charge in [-0.05, 0) is 12.8 Å². The fourth-order valence-corrected chi connectivity index (χ4v) is 2.29. The van der Waals surface area contributed by atoms with Crippen molar-refractivity contribution in [1.29, 1.82) is 0 Å². The molecule has 3 nitrogen and oxygen atoms in total. The molecule has 0 spiro atoms. The first-order valence-electron chi connectivity index (χ1n) is 3.75. The molecule has 2 aliphatic rings. The molecule has 2 fully saturated rings. The van der Waals surface area contributed by atoms with Gasteiger partial charge in [0.2, 0.25) is 0 Å². The largest absolute Gasteiger partial charge is 0.481 e. The maximum atomic E-state index is 10.6. The van der Waals surface area contributed by atoms with Crippen molar-refractivity contribution in [2.45, 2.75) is 30.3 Å². The number of thiol groups is 1. The first kappa shape index (κ1) is 7.43. The molecule has 0 amide bonds. The molecule has 0 saturated carbocycles. The highest BCUT2D eigenvalue weighted by Gasteiger charge is 2.48. The Balaban J connectivity index is 2.08. The fourth-order valence-electron chi connectivity index (χ4n) is 1.89. The maximum absolute atomic E-state index is 10.6. The van der Waals surface area contributed by atoms with Crippen LogP contribution in [0.25, 0.3) is 0 Å². The smallest absolute Gasteiger partial charge is 0.309 e. The van der Waals surface area contributed by atoms with Gasteiger partial charge in [-0.1, -0.05) is 0 Å². The molecule has 2 rings (SSSR count). The van der Waals surface area contributed by atoms with Crippen molar-refractivity contribution in [3.8, 4) is 0 Å². The predicted octanol–water partition coefficient (Wildman–Crippen LogP) is 0.547. The number of carboxylic acids is 1. The topological polar surface area (TPSA) is 46.5 Å². The SMILES string of the molecule is O=C(O)C1CC2OC1CC2S. The second-order valence-corrected chi connectivity index (χ2v) is 3.86.